The van der Waals surface area contributed by atoms with Crippen LogP contribution in [0.3, 0.4) is 0 Å². The molecule has 3 rings (SSSR count). The lowest BCUT2D eigenvalue weighted by molar-refractivity contribution is 0.102. The second kappa shape index (κ2) is 8.17. The van der Waals surface area contributed by atoms with Crippen LogP contribution in [0.2, 0.25) is 0 Å². The molecule has 26 heavy (non-hydrogen) atoms. The summed E-state index contributed by atoms with van der Waals surface area (Å²) in [5, 5.41) is 6.00. The predicted octanol–water partition coefficient (Wildman–Crippen LogP) is 3.79. The molecule has 138 valence electrons. The SMILES string of the molecule is CC1CCN(c2ccc(NC(=O)c3cnc(NC(C)C)nc3)cc2)CC1. The van der Waals surface area contributed by atoms with Crippen LogP contribution in [0.25, 0.3) is 0 Å². The normalized spacial score (nSPS) is 15.2. The van der Waals surface area contributed by atoms with Crippen molar-refractivity contribution in [3.63, 3.8) is 0 Å². The van der Waals surface area contributed by atoms with E-state index in [-0.39, 0.29) is 11.9 Å². The zero-order chi connectivity index (χ0) is 18.5. The molecule has 1 aromatic carbocycles. The summed E-state index contributed by atoms with van der Waals surface area (Å²) in [5.41, 5.74) is 2.42. The Kier molecular flexibility index (Phi) is 5.71. The molecule has 1 aliphatic rings. The molecule has 0 aliphatic carbocycles. The fourth-order valence-electron chi connectivity index (χ4n) is 3.00. The van der Waals surface area contributed by atoms with E-state index >= 15 is 0 Å². The van der Waals surface area contributed by atoms with Crippen molar-refractivity contribution in [2.45, 2.75) is 39.7 Å². The molecule has 0 bridgehead atoms. The first kappa shape index (κ1) is 18.2. The van der Waals surface area contributed by atoms with Crippen molar-refractivity contribution in [2.24, 2.45) is 5.92 Å². The number of amides is 1. The summed E-state index contributed by atoms with van der Waals surface area (Å²) >= 11 is 0. The molecular weight excluding hydrogens is 326 g/mol. The average Bonchev–Trinajstić information content (AvgIpc) is 2.63. The van der Waals surface area contributed by atoms with E-state index in [0.29, 0.717) is 11.5 Å². The quantitative estimate of drug-likeness (QED) is 0.856. The van der Waals surface area contributed by atoms with Gasteiger partial charge in [0.15, 0.2) is 0 Å². The molecule has 1 aliphatic heterocycles. The molecule has 6 heteroatoms. The van der Waals surface area contributed by atoms with Gasteiger partial charge in [-0.2, -0.15) is 0 Å². The van der Waals surface area contributed by atoms with Gasteiger partial charge in [0, 0.05) is 42.9 Å². The van der Waals surface area contributed by atoms with Crippen LogP contribution in [-0.4, -0.2) is 35.0 Å². The molecular formula is C20H27N5O. The van der Waals surface area contributed by atoms with Crippen molar-refractivity contribution in [2.75, 3.05) is 28.6 Å². The molecule has 0 atom stereocenters. The Bertz CT molecular complexity index is 719. The Morgan fingerprint density at radius 3 is 2.31 bits per heavy atom. The van der Waals surface area contributed by atoms with Gasteiger partial charge in [-0.25, -0.2) is 9.97 Å². The summed E-state index contributed by atoms with van der Waals surface area (Å²) in [6, 6.07) is 8.27. The number of aromatic nitrogens is 2. The van der Waals surface area contributed by atoms with Gasteiger partial charge < -0.3 is 15.5 Å². The standard InChI is InChI=1S/C20H27N5O/c1-14(2)23-20-21-12-16(13-22-20)19(26)24-17-4-6-18(7-5-17)25-10-8-15(3)9-11-25/h4-7,12-15H,8-11H2,1-3H3,(H,24,26)(H,21,22,23). The number of carbonyl (C=O) groups excluding carboxylic acids is 1. The zero-order valence-corrected chi connectivity index (χ0v) is 15.7. The topological polar surface area (TPSA) is 70.2 Å². The van der Waals surface area contributed by atoms with Crippen molar-refractivity contribution >= 4 is 23.2 Å². The number of piperidine rings is 1. The van der Waals surface area contributed by atoms with Crippen molar-refractivity contribution in [1.82, 2.24) is 9.97 Å². The smallest absolute Gasteiger partial charge is 0.258 e. The highest BCUT2D eigenvalue weighted by atomic mass is 16.1. The molecule has 2 heterocycles. The van der Waals surface area contributed by atoms with E-state index in [1.165, 1.54) is 30.9 Å². The first-order valence-corrected chi connectivity index (χ1v) is 9.26. The third-order valence-electron chi connectivity index (χ3n) is 4.61. The predicted molar refractivity (Wildman–Crippen MR) is 106 cm³/mol. The molecule has 6 nitrogen and oxygen atoms in total. The van der Waals surface area contributed by atoms with E-state index in [9.17, 15) is 4.79 Å². The number of carbonyl (C=O) groups is 1. The van der Waals surface area contributed by atoms with Crippen molar-refractivity contribution < 1.29 is 4.79 Å². The molecule has 0 spiro atoms. The van der Waals surface area contributed by atoms with Gasteiger partial charge in [0.2, 0.25) is 5.95 Å². The minimum atomic E-state index is -0.208. The Labute approximate surface area is 155 Å². The molecule has 1 fully saturated rings. The molecule has 1 amide bonds. The highest BCUT2D eigenvalue weighted by Gasteiger charge is 2.16. The van der Waals surface area contributed by atoms with Gasteiger partial charge >= 0.3 is 0 Å². The second-order valence-electron chi connectivity index (χ2n) is 7.26. The van der Waals surface area contributed by atoms with Gasteiger partial charge in [0.1, 0.15) is 0 Å². The number of rotatable bonds is 5. The molecule has 2 N–H and O–H groups in total. The number of hydrogen-bond donors (Lipinski definition) is 2. The molecule has 0 saturated carbocycles. The highest BCUT2D eigenvalue weighted by Crippen LogP contribution is 2.24. The van der Waals surface area contributed by atoms with Crippen LogP contribution < -0.4 is 15.5 Å². The fraction of sp³-hybridized carbons (Fsp3) is 0.450. The number of hydrogen-bond acceptors (Lipinski definition) is 5. The first-order chi connectivity index (χ1) is 12.5. The second-order valence-corrected chi connectivity index (χ2v) is 7.26. The lowest BCUT2D eigenvalue weighted by Gasteiger charge is -2.32. The van der Waals surface area contributed by atoms with Gasteiger partial charge in [-0.1, -0.05) is 6.92 Å². The minimum absolute atomic E-state index is 0.208. The van der Waals surface area contributed by atoms with Crippen LogP contribution in [0, 0.1) is 5.92 Å². The third kappa shape index (κ3) is 4.71. The number of nitrogens with zero attached hydrogens (tertiary/aromatic N) is 3. The summed E-state index contributed by atoms with van der Waals surface area (Å²) in [4.78, 5) is 23.1. The van der Waals surface area contributed by atoms with Gasteiger partial charge in [-0.05, 0) is 56.9 Å². The maximum absolute atomic E-state index is 12.3. The largest absolute Gasteiger partial charge is 0.372 e. The van der Waals surface area contributed by atoms with E-state index in [0.717, 1.165) is 24.7 Å². The number of anilines is 3. The summed E-state index contributed by atoms with van der Waals surface area (Å²) < 4.78 is 0. The van der Waals surface area contributed by atoms with Crippen LogP contribution in [0.15, 0.2) is 36.7 Å². The molecule has 1 aromatic heterocycles. The van der Waals surface area contributed by atoms with E-state index in [2.05, 4.69) is 44.6 Å². The van der Waals surface area contributed by atoms with Crippen molar-refractivity contribution in [3.8, 4) is 0 Å². The monoisotopic (exact) mass is 353 g/mol. The Morgan fingerprint density at radius 1 is 1.12 bits per heavy atom. The number of nitrogens with one attached hydrogen (secondary N) is 2. The molecule has 2 aromatic rings. The van der Waals surface area contributed by atoms with E-state index in [1.807, 2.05) is 26.0 Å². The molecule has 0 unspecified atom stereocenters. The fourth-order valence-corrected chi connectivity index (χ4v) is 3.00. The van der Waals surface area contributed by atoms with Crippen LogP contribution >= 0.6 is 0 Å². The Hall–Kier alpha value is -2.63. The molecule has 0 radical (unpaired) electrons. The van der Waals surface area contributed by atoms with E-state index in [1.54, 1.807) is 0 Å². The average molecular weight is 353 g/mol. The van der Waals surface area contributed by atoms with Crippen molar-refractivity contribution in [3.05, 3.63) is 42.2 Å². The lowest BCUT2D eigenvalue weighted by Crippen LogP contribution is -2.32. The van der Waals surface area contributed by atoms with Gasteiger partial charge in [-0.3, -0.25) is 4.79 Å². The van der Waals surface area contributed by atoms with Crippen LogP contribution in [-0.2, 0) is 0 Å². The Balaban J connectivity index is 1.59. The number of benzene rings is 1. The van der Waals surface area contributed by atoms with Crippen LogP contribution in [0.5, 0.6) is 0 Å². The van der Waals surface area contributed by atoms with Crippen LogP contribution in [0.4, 0.5) is 17.3 Å². The van der Waals surface area contributed by atoms with Crippen LogP contribution in [0.1, 0.15) is 44.0 Å². The van der Waals surface area contributed by atoms with Gasteiger partial charge in [0.05, 0.1) is 5.56 Å². The maximum Gasteiger partial charge on any atom is 0.258 e. The Morgan fingerprint density at radius 2 is 1.73 bits per heavy atom. The zero-order valence-electron chi connectivity index (χ0n) is 15.7. The molecule has 1 saturated heterocycles. The van der Waals surface area contributed by atoms with Gasteiger partial charge in [-0.15, -0.1) is 0 Å². The van der Waals surface area contributed by atoms with Gasteiger partial charge in [0.25, 0.3) is 5.91 Å². The summed E-state index contributed by atoms with van der Waals surface area (Å²) in [7, 11) is 0. The third-order valence-corrected chi connectivity index (χ3v) is 4.61. The van der Waals surface area contributed by atoms with E-state index in [4.69, 9.17) is 0 Å². The lowest BCUT2D eigenvalue weighted by atomic mass is 9.99. The maximum atomic E-state index is 12.3. The summed E-state index contributed by atoms with van der Waals surface area (Å²) in [6.07, 6.45) is 5.55. The minimum Gasteiger partial charge on any atom is -0.372 e. The summed E-state index contributed by atoms with van der Waals surface area (Å²) in [6.45, 7) is 8.53. The summed E-state index contributed by atoms with van der Waals surface area (Å²) in [5.74, 6) is 1.13. The first-order valence-electron chi connectivity index (χ1n) is 9.26. The van der Waals surface area contributed by atoms with Crippen molar-refractivity contribution in [1.29, 1.82) is 0 Å². The van der Waals surface area contributed by atoms with E-state index < -0.39 is 0 Å². The highest BCUT2D eigenvalue weighted by molar-refractivity contribution is 6.03.